The first-order valence-electron chi connectivity index (χ1n) is 10.7. The third-order valence-electron chi connectivity index (χ3n) is 5.51. The van der Waals surface area contributed by atoms with Crippen molar-refractivity contribution in [1.29, 1.82) is 0 Å². The lowest BCUT2D eigenvalue weighted by Crippen LogP contribution is -2.25. The van der Waals surface area contributed by atoms with Crippen molar-refractivity contribution in [2.75, 3.05) is 18.5 Å². The topological polar surface area (TPSA) is 107 Å². The lowest BCUT2D eigenvalue weighted by molar-refractivity contribution is -0.118. The number of Topliss-reactive ketones (excluding diaryl/α,β-unsaturated/α-hetero) is 1. The van der Waals surface area contributed by atoms with Crippen LogP contribution >= 0.6 is 23.1 Å². The van der Waals surface area contributed by atoms with E-state index in [9.17, 15) is 14.4 Å². The molecule has 4 aromatic rings. The Morgan fingerprint density at radius 1 is 1.17 bits per heavy atom. The molecule has 0 aliphatic carbocycles. The normalized spacial score (nSPS) is 12.6. The van der Waals surface area contributed by atoms with Crippen molar-refractivity contribution >= 4 is 56.7 Å². The third-order valence-corrected chi connectivity index (χ3v) is 7.71. The number of anilines is 1. The molecule has 2 aromatic heterocycles. The summed E-state index contributed by atoms with van der Waals surface area (Å²) in [5, 5.41) is 4.39. The summed E-state index contributed by atoms with van der Waals surface area (Å²) in [5.41, 5.74) is 2.17. The molecular weight excluding hydrogens is 486 g/mol. The lowest BCUT2D eigenvalue weighted by Gasteiger charge is -2.18. The minimum absolute atomic E-state index is 0.0680. The van der Waals surface area contributed by atoms with Gasteiger partial charge in [0.15, 0.2) is 19.0 Å². The van der Waals surface area contributed by atoms with Gasteiger partial charge in [-0.05, 0) is 49.7 Å². The highest BCUT2D eigenvalue weighted by Crippen LogP contribution is 2.38. The third kappa shape index (κ3) is 4.62. The maximum atomic E-state index is 12.9. The Morgan fingerprint density at radius 2 is 2.00 bits per heavy atom. The van der Waals surface area contributed by atoms with E-state index in [4.69, 9.17) is 9.47 Å². The van der Waals surface area contributed by atoms with Crippen LogP contribution in [0.1, 0.15) is 31.2 Å². The number of hydrogen-bond donors (Lipinski definition) is 1. The van der Waals surface area contributed by atoms with Gasteiger partial charge in [0.2, 0.25) is 0 Å². The van der Waals surface area contributed by atoms with E-state index in [1.54, 1.807) is 35.6 Å². The second-order valence-electron chi connectivity index (χ2n) is 7.79. The first-order valence-corrected chi connectivity index (χ1v) is 12.3. The Bertz CT molecular complexity index is 1500. The van der Waals surface area contributed by atoms with Gasteiger partial charge < -0.3 is 14.8 Å². The van der Waals surface area contributed by atoms with Gasteiger partial charge in [-0.1, -0.05) is 23.9 Å². The van der Waals surface area contributed by atoms with E-state index >= 15 is 0 Å². The second kappa shape index (κ2) is 9.47. The molecule has 10 heteroatoms. The number of hydrogen-bond acceptors (Lipinski definition) is 9. The van der Waals surface area contributed by atoms with Crippen LogP contribution in [0, 0.1) is 13.8 Å². The number of esters is 1. The quantitative estimate of drug-likeness (QED) is 0.226. The molecule has 1 N–H and O–H groups in total. The smallest absolute Gasteiger partial charge is 0.339 e. The maximum absolute atomic E-state index is 12.9. The molecule has 2 aromatic carbocycles. The number of thiophene rings is 1. The van der Waals surface area contributed by atoms with E-state index in [0.29, 0.717) is 27.5 Å². The molecule has 0 unspecified atom stereocenters. The van der Waals surface area contributed by atoms with E-state index in [-0.39, 0.29) is 12.5 Å². The van der Waals surface area contributed by atoms with Crippen molar-refractivity contribution in [3.8, 4) is 5.75 Å². The van der Waals surface area contributed by atoms with Crippen molar-refractivity contribution < 1.29 is 23.9 Å². The van der Waals surface area contributed by atoms with Crippen LogP contribution in [0.25, 0.3) is 10.2 Å². The molecule has 0 fully saturated rings. The summed E-state index contributed by atoms with van der Waals surface area (Å²) in [5.74, 6) is -0.817. The standard InChI is InChI=1S/C25H19N3O5S2/c1-13-14(2)34-23-22(13)24(27-12-26-23)35-20-6-4-3-5-16(20)25(31)33-10-18(29)15-7-8-19-17(9-15)28-21(30)11-32-19/h3-9,12H,10-11H2,1-2H3,(H,28,30). The van der Waals surface area contributed by atoms with Crippen LogP contribution in [0.5, 0.6) is 5.75 Å². The molecule has 0 radical (unpaired) electrons. The number of carbonyl (C=O) groups is 3. The molecule has 35 heavy (non-hydrogen) atoms. The molecule has 8 nitrogen and oxygen atoms in total. The Morgan fingerprint density at radius 3 is 2.86 bits per heavy atom. The summed E-state index contributed by atoms with van der Waals surface area (Å²) in [4.78, 5) is 48.6. The molecule has 0 spiro atoms. The predicted molar refractivity (Wildman–Crippen MR) is 133 cm³/mol. The summed E-state index contributed by atoms with van der Waals surface area (Å²) in [6, 6.07) is 11.7. The number of carbonyl (C=O) groups excluding carboxylic acids is 3. The number of aromatic nitrogens is 2. The van der Waals surface area contributed by atoms with E-state index < -0.39 is 18.4 Å². The first-order chi connectivity index (χ1) is 16.9. The summed E-state index contributed by atoms with van der Waals surface area (Å²) in [7, 11) is 0. The largest absolute Gasteiger partial charge is 0.482 e. The highest BCUT2D eigenvalue weighted by Gasteiger charge is 2.21. The fourth-order valence-corrected chi connectivity index (χ4v) is 5.73. The van der Waals surface area contributed by atoms with E-state index in [1.807, 2.05) is 26.0 Å². The molecular formula is C25H19N3O5S2. The Balaban J connectivity index is 1.32. The molecule has 176 valence electrons. The lowest BCUT2D eigenvalue weighted by atomic mass is 10.1. The number of nitrogens with one attached hydrogen (secondary N) is 1. The molecule has 5 rings (SSSR count). The average molecular weight is 506 g/mol. The molecule has 0 bridgehead atoms. The van der Waals surface area contributed by atoms with Gasteiger partial charge in [0, 0.05) is 20.7 Å². The van der Waals surface area contributed by atoms with Crippen LogP contribution in [0.3, 0.4) is 0 Å². The van der Waals surface area contributed by atoms with Crippen molar-refractivity contribution in [3.63, 3.8) is 0 Å². The summed E-state index contributed by atoms with van der Waals surface area (Å²) < 4.78 is 10.7. The van der Waals surface area contributed by atoms with Crippen LogP contribution in [-0.2, 0) is 9.53 Å². The van der Waals surface area contributed by atoms with Crippen LogP contribution in [-0.4, -0.2) is 40.8 Å². The van der Waals surface area contributed by atoms with Gasteiger partial charge in [-0.2, -0.15) is 0 Å². The molecule has 0 saturated carbocycles. The minimum Gasteiger partial charge on any atom is -0.482 e. The molecule has 0 saturated heterocycles. The zero-order valence-corrected chi connectivity index (χ0v) is 20.4. The number of aryl methyl sites for hydroxylation is 2. The van der Waals surface area contributed by atoms with Crippen molar-refractivity contribution in [1.82, 2.24) is 9.97 Å². The maximum Gasteiger partial charge on any atom is 0.339 e. The number of benzene rings is 2. The average Bonchev–Trinajstić information content (AvgIpc) is 3.16. The fraction of sp³-hybridized carbons (Fsp3) is 0.160. The number of ketones is 1. The van der Waals surface area contributed by atoms with Gasteiger partial charge in [0.1, 0.15) is 21.9 Å². The minimum atomic E-state index is -0.612. The number of ether oxygens (including phenoxy) is 2. The highest BCUT2D eigenvalue weighted by atomic mass is 32.2. The van der Waals surface area contributed by atoms with Crippen molar-refractivity contribution in [3.05, 3.63) is 70.4 Å². The van der Waals surface area contributed by atoms with E-state index in [1.165, 1.54) is 29.0 Å². The first kappa shape index (κ1) is 23.0. The van der Waals surface area contributed by atoms with Gasteiger partial charge in [0.25, 0.3) is 5.91 Å². The predicted octanol–water partition coefficient (Wildman–Crippen LogP) is 4.83. The summed E-state index contributed by atoms with van der Waals surface area (Å²) in [6.45, 7) is 3.57. The Labute approximate surface area is 208 Å². The highest BCUT2D eigenvalue weighted by molar-refractivity contribution is 7.99. The van der Waals surface area contributed by atoms with Gasteiger partial charge in [-0.25, -0.2) is 14.8 Å². The molecule has 1 amide bonds. The van der Waals surface area contributed by atoms with Gasteiger partial charge >= 0.3 is 5.97 Å². The number of fused-ring (bicyclic) bond motifs is 2. The van der Waals surface area contributed by atoms with Crippen LogP contribution < -0.4 is 10.1 Å². The second-order valence-corrected chi connectivity index (χ2v) is 10.0. The van der Waals surface area contributed by atoms with Crippen LogP contribution in [0.2, 0.25) is 0 Å². The fourth-order valence-electron chi connectivity index (χ4n) is 3.60. The summed E-state index contributed by atoms with van der Waals surface area (Å²) >= 11 is 2.97. The van der Waals surface area contributed by atoms with Gasteiger partial charge in [0.05, 0.1) is 11.3 Å². The van der Waals surface area contributed by atoms with Crippen LogP contribution in [0.4, 0.5) is 5.69 Å². The monoisotopic (exact) mass is 505 g/mol. The molecule has 3 heterocycles. The van der Waals surface area contributed by atoms with Crippen LogP contribution in [0.15, 0.2) is 58.7 Å². The van der Waals surface area contributed by atoms with Crippen molar-refractivity contribution in [2.45, 2.75) is 23.8 Å². The molecule has 1 aliphatic rings. The van der Waals surface area contributed by atoms with Gasteiger partial charge in [-0.15, -0.1) is 11.3 Å². The van der Waals surface area contributed by atoms with Gasteiger partial charge in [-0.3, -0.25) is 9.59 Å². The molecule has 0 atom stereocenters. The number of amides is 1. The van der Waals surface area contributed by atoms with Crippen molar-refractivity contribution in [2.24, 2.45) is 0 Å². The Kier molecular flexibility index (Phi) is 6.23. The number of nitrogens with zero attached hydrogens (tertiary/aromatic N) is 2. The van der Waals surface area contributed by atoms with E-state index in [0.717, 1.165) is 20.8 Å². The zero-order valence-electron chi connectivity index (χ0n) is 18.8. The number of rotatable bonds is 6. The SMILES string of the molecule is Cc1sc2ncnc(Sc3ccccc3C(=O)OCC(=O)c3ccc4c(c3)NC(=O)CO4)c2c1C. The zero-order chi connectivity index (χ0) is 24.5. The Hall–Kier alpha value is -3.76. The summed E-state index contributed by atoms with van der Waals surface area (Å²) in [6.07, 6.45) is 1.52. The molecule has 1 aliphatic heterocycles. The van der Waals surface area contributed by atoms with E-state index in [2.05, 4.69) is 15.3 Å².